The van der Waals surface area contributed by atoms with Crippen molar-refractivity contribution in [1.82, 2.24) is 15.5 Å². The molecule has 6 heteroatoms. The van der Waals surface area contributed by atoms with Gasteiger partial charge in [-0.25, -0.2) is 0 Å². The van der Waals surface area contributed by atoms with E-state index in [0.29, 0.717) is 5.92 Å². The van der Waals surface area contributed by atoms with Gasteiger partial charge in [0.25, 0.3) is 0 Å². The monoisotopic (exact) mass is 324 g/mol. The molecule has 132 valence electrons. The van der Waals surface area contributed by atoms with Crippen molar-refractivity contribution in [2.24, 2.45) is 11.8 Å². The molecule has 0 aromatic rings. The summed E-state index contributed by atoms with van der Waals surface area (Å²) >= 11 is 0. The summed E-state index contributed by atoms with van der Waals surface area (Å²) in [6, 6.07) is 2.18. The minimum Gasteiger partial charge on any atom is -0.392 e. The van der Waals surface area contributed by atoms with Crippen molar-refractivity contribution < 1.29 is 9.90 Å². The lowest BCUT2D eigenvalue weighted by atomic mass is 9.90. The van der Waals surface area contributed by atoms with Crippen LogP contribution in [0, 0.1) is 23.2 Å². The van der Waals surface area contributed by atoms with Crippen molar-refractivity contribution in [1.29, 1.82) is 5.26 Å². The first kappa shape index (κ1) is 19.9. The predicted octanol–water partition coefficient (Wildman–Crippen LogP) is 0.723. The molecule has 0 saturated carbocycles. The summed E-state index contributed by atoms with van der Waals surface area (Å²) in [7, 11) is 0. The number of aliphatic hydroxyl groups is 1. The van der Waals surface area contributed by atoms with Crippen LogP contribution in [0.25, 0.3) is 0 Å². The van der Waals surface area contributed by atoms with Crippen LogP contribution in [0.4, 0.5) is 0 Å². The standard InChI is InChI=1S/C17H32N4O2/c1-13(2)17(4,12-18)20-16(23)10-19-9-15-5-7-21(8-6-15)11-14(3)22/h13-15,19,22H,5-11H2,1-4H3,(H,20,23)/t14-,17+/m1/s1. The lowest BCUT2D eigenvalue weighted by Gasteiger charge is -2.32. The van der Waals surface area contributed by atoms with Crippen LogP contribution in [-0.4, -0.2) is 60.3 Å². The summed E-state index contributed by atoms with van der Waals surface area (Å²) in [5.41, 5.74) is -0.814. The van der Waals surface area contributed by atoms with Crippen molar-refractivity contribution in [3.63, 3.8) is 0 Å². The number of carbonyl (C=O) groups is 1. The van der Waals surface area contributed by atoms with Gasteiger partial charge in [-0.15, -0.1) is 0 Å². The number of hydrogen-bond acceptors (Lipinski definition) is 5. The van der Waals surface area contributed by atoms with Crippen molar-refractivity contribution in [2.45, 2.75) is 52.2 Å². The van der Waals surface area contributed by atoms with Crippen LogP contribution in [0.15, 0.2) is 0 Å². The summed E-state index contributed by atoms with van der Waals surface area (Å²) in [5.74, 6) is 0.504. The quantitative estimate of drug-likeness (QED) is 0.612. The van der Waals surface area contributed by atoms with Gasteiger partial charge in [0, 0.05) is 6.54 Å². The van der Waals surface area contributed by atoms with Gasteiger partial charge in [-0.2, -0.15) is 5.26 Å². The fraction of sp³-hybridized carbons (Fsp3) is 0.882. The second-order valence-electron chi connectivity index (χ2n) is 7.24. The molecule has 0 aromatic heterocycles. The molecular weight excluding hydrogens is 292 g/mol. The van der Waals surface area contributed by atoms with Gasteiger partial charge in [-0.1, -0.05) is 13.8 Å². The first-order valence-electron chi connectivity index (χ1n) is 8.60. The number of rotatable bonds is 8. The van der Waals surface area contributed by atoms with E-state index in [1.54, 1.807) is 6.92 Å². The van der Waals surface area contributed by atoms with Crippen LogP contribution < -0.4 is 10.6 Å². The Hall–Kier alpha value is -1.16. The zero-order valence-electron chi connectivity index (χ0n) is 14.9. The van der Waals surface area contributed by atoms with Gasteiger partial charge < -0.3 is 20.6 Å². The van der Waals surface area contributed by atoms with E-state index < -0.39 is 5.54 Å². The normalized spacial score (nSPS) is 20.7. The van der Waals surface area contributed by atoms with Gasteiger partial charge in [0.15, 0.2) is 0 Å². The number of carbonyl (C=O) groups excluding carboxylic acids is 1. The first-order chi connectivity index (χ1) is 10.8. The average molecular weight is 324 g/mol. The van der Waals surface area contributed by atoms with E-state index in [9.17, 15) is 15.2 Å². The number of nitriles is 1. The van der Waals surface area contributed by atoms with E-state index in [1.807, 2.05) is 20.8 Å². The number of amides is 1. The fourth-order valence-corrected chi connectivity index (χ4v) is 2.77. The van der Waals surface area contributed by atoms with Crippen molar-refractivity contribution in [2.75, 3.05) is 32.7 Å². The van der Waals surface area contributed by atoms with Crippen LogP contribution >= 0.6 is 0 Å². The van der Waals surface area contributed by atoms with Gasteiger partial charge >= 0.3 is 0 Å². The summed E-state index contributed by atoms with van der Waals surface area (Å²) < 4.78 is 0. The van der Waals surface area contributed by atoms with Crippen LogP contribution in [0.5, 0.6) is 0 Å². The van der Waals surface area contributed by atoms with E-state index in [2.05, 4.69) is 21.6 Å². The third kappa shape index (κ3) is 6.86. The van der Waals surface area contributed by atoms with Crippen LogP contribution in [0.1, 0.15) is 40.5 Å². The fourth-order valence-electron chi connectivity index (χ4n) is 2.77. The highest BCUT2D eigenvalue weighted by molar-refractivity contribution is 5.79. The Bertz CT molecular complexity index is 411. The highest BCUT2D eigenvalue weighted by Crippen LogP contribution is 2.17. The lowest BCUT2D eigenvalue weighted by Crippen LogP contribution is -2.51. The minimum atomic E-state index is -0.814. The highest BCUT2D eigenvalue weighted by Gasteiger charge is 2.29. The molecule has 3 N–H and O–H groups in total. The Morgan fingerprint density at radius 3 is 2.48 bits per heavy atom. The predicted molar refractivity (Wildman–Crippen MR) is 90.7 cm³/mol. The number of aliphatic hydroxyl groups excluding tert-OH is 1. The number of nitrogens with one attached hydrogen (secondary N) is 2. The zero-order chi connectivity index (χ0) is 17.5. The van der Waals surface area contributed by atoms with Crippen LogP contribution in [0.3, 0.4) is 0 Å². The number of nitrogens with zero attached hydrogens (tertiary/aromatic N) is 2. The molecule has 1 aliphatic rings. The molecule has 1 amide bonds. The Labute approximate surface area is 140 Å². The molecule has 2 atom stereocenters. The smallest absolute Gasteiger partial charge is 0.235 e. The van der Waals surface area contributed by atoms with Crippen LogP contribution in [0.2, 0.25) is 0 Å². The van der Waals surface area contributed by atoms with Gasteiger partial charge in [0.2, 0.25) is 5.91 Å². The maximum absolute atomic E-state index is 12.0. The summed E-state index contributed by atoms with van der Waals surface area (Å²) in [6.45, 7) is 11.2. The number of β-amino-alcohol motifs (C(OH)–C–C–N with tert-alkyl or cyclic N) is 1. The van der Waals surface area contributed by atoms with E-state index in [1.165, 1.54) is 0 Å². The Morgan fingerprint density at radius 1 is 1.39 bits per heavy atom. The Balaban J connectivity index is 2.23. The largest absolute Gasteiger partial charge is 0.392 e. The van der Waals surface area contributed by atoms with Crippen LogP contribution in [-0.2, 0) is 4.79 Å². The lowest BCUT2D eigenvalue weighted by molar-refractivity contribution is -0.121. The summed E-state index contributed by atoms with van der Waals surface area (Å²) in [6.07, 6.45) is 1.90. The molecule has 1 rings (SSSR count). The molecule has 1 aliphatic heterocycles. The SMILES string of the molecule is CC(C)[C@](C)(C#N)NC(=O)CNCC1CCN(C[C@@H](C)O)CC1. The number of piperidine rings is 1. The molecule has 1 heterocycles. The number of likely N-dealkylation sites (tertiary alicyclic amines) is 1. The third-order valence-electron chi connectivity index (χ3n) is 4.73. The average Bonchev–Trinajstić information content (AvgIpc) is 2.48. The van der Waals surface area contributed by atoms with Gasteiger partial charge in [0.05, 0.1) is 18.7 Å². The van der Waals surface area contributed by atoms with Crippen molar-refractivity contribution in [3.05, 3.63) is 0 Å². The minimum absolute atomic E-state index is 0.0645. The molecular formula is C17H32N4O2. The highest BCUT2D eigenvalue weighted by atomic mass is 16.3. The molecule has 6 nitrogen and oxygen atoms in total. The van der Waals surface area contributed by atoms with Gasteiger partial charge in [-0.3, -0.25) is 4.79 Å². The molecule has 0 bridgehead atoms. The summed E-state index contributed by atoms with van der Waals surface area (Å²) in [5, 5.41) is 24.6. The Morgan fingerprint density at radius 2 is 2.00 bits per heavy atom. The molecule has 0 aliphatic carbocycles. The Kier molecular flexibility index (Phi) is 7.97. The maximum Gasteiger partial charge on any atom is 0.235 e. The van der Waals surface area contributed by atoms with E-state index in [-0.39, 0.29) is 24.5 Å². The topological polar surface area (TPSA) is 88.4 Å². The second-order valence-corrected chi connectivity index (χ2v) is 7.24. The molecule has 1 saturated heterocycles. The molecule has 0 spiro atoms. The molecule has 0 radical (unpaired) electrons. The van der Waals surface area contributed by atoms with Gasteiger partial charge in [0.1, 0.15) is 5.54 Å². The summed E-state index contributed by atoms with van der Waals surface area (Å²) in [4.78, 5) is 14.3. The first-order valence-corrected chi connectivity index (χ1v) is 8.60. The second kappa shape index (κ2) is 9.21. The maximum atomic E-state index is 12.0. The molecule has 0 aromatic carbocycles. The van der Waals surface area contributed by atoms with Crippen molar-refractivity contribution >= 4 is 5.91 Å². The van der Waals surface area contributed by atoms with E-state index in [4.69, 9.17) is 0 Å². The van der Waals surface area contributed by atoms with E-state index in [0.717, 1.165) is 39.0 Å². The van der Waals surface area contributed by atoms with E-state index >= 15 is 0 Å². The third-order valence-corrected chi connectivity index (χ3v) is 4.73. The zero-order valence-corrected chi connectivity index (χ0v) is 14.9. The number of hydrogen-bond donors (Lipinski definition) is 3. The molecule has 1 fully saturated rings. The van der Waals surface area contributed by atoms with Gasteiger partial charge in [-0.05, 0) is 58.2 Å². The molecule has 23 heavy (non-hydrogen) atoms. The molecule has 0 unspecified atom stereocenters. The van der Waals surface area contributed by atoms with Crippen molar-refractivity contribution in [3.8, 4) is 6.07 Å².